The van der Waals surface area contributed by atoms with E-state index >= 15 is 0 Å². The molecule has 0 unspecified atom stereocenters. The maximum atomic E-state index is 13.4. The Labute approximate surface area is 114 Å². The van der Waals surface area contributed by atoms with E-state index < -0.39 is 11.6 Å². The summed E-state index contributed by atoms with van der Waals surface area (Å²) in [6, 6.07) is 10.3. The molecule has 1 N–H and O–H groups in total. The second kappa shape index (κ2) is 5.68. The first-order valence-corrected chi connectivity index (χ1v) is 5.86. The molecule has 96 valence electrons. The molecule has 0 amide bonds. The summed E-state index contributed by atoms with van der Waals surface area (Å²) >= 11 is 5.94. The van der Waals surface area contributed by atoms with Crippen molar-refractivity contribution in [2.45, 2.75) is 6.54 Å². The van der Waals surface area contributed by atoms with Gasteiger partial charge in [-0.1, -0.05) is 17.7 Å². The van der Waals surface area contributed by atoms with Gasteiger partial charge in [-0.2, -0.15) is 5.26 Å². The number of rotatable bonds is 3. The first-order valence-electron chi connectivity index (χ1n) is 5.48. The maximum absolute atomic E-state index is 13.4. The van der Waals surface area contributed by atoms with Gasteiger partial charge < -0.3 is 5.32 Å². The van der Waals surface area contributed by atoms with E-state index in [1.807, 2.05) is 6.07 Å². The van der Waals surface area contributed by atoms with Crippen LogP contribution in [0.3, 0.4) is 0 Å². The standard InChI is InChI=1S/C14H9ClF2N2/c15-11-5-4-9(7-18)6-14(11)19-8-10-12(16)2-1-3-13(10)17/h1-6,19H,8H2. The van der Waals surface area contributed by atoms with Crippen LogP contribution in [0.25, 0.3) is 0 Å². The average Bonchev–Trinajstić information content (AvgIpc) is 2.40. The minimum atomic E-state index is -0.625. The summed E-state index contributed by atoms with van der Waals surface area (Å²) in [7, 11) is 0. The summed E-state index contributed by atoms with van der Waals surface area (Å²) in [6.45, 7) is -0.0485. The van der Waals surface area contributed by atoms with E-state index in [-0.39, 0.29) is 12.1 Å². The van der Waals surface area contributed by atoms with Crippen LogP contribution < -0.4 is 5.32 Å². The summed E-state index contributed by atoms with van der Waals surface area (Å²) in [5, 5.41) is 12.0. The smallest absolute Gasteiger partial charge is 0.131 e. The summed E-state index contributed by atoms with van der Waals surface area (Å²) < 4.78 is 26.9. The van der Waals surface area contributed by atoms with Gasteiger partial charge in [0.1, 0.15) is 11.6 Å². The molecule has 0 aromatic heterocycles. The Bertz CT molecular complexity index is 630. The number of benzene rings is 2. The molecule has 0 spiro atoms. The third-order valence-electron chi connectivity index (χ3n) is 2.61. The minimum Gasteiger partial charge on any atom is -0.380 e. The average molecular weight is 279 g/mol. The highest BCUT2D eigenvalue weighted by atomic mass is 35.5. The van der Waals surface area contributed by atoms with Gasteiger partial charge in [-0.25, -0.2) is 8.78 Å². The van der Waals surface area contributed by atoms with E-state index in [1.54, 1.807) is 12.1 Å². The van der Waals surface area contributed by atoms with Crippen molar-refractivity contribution in [3.05, 3.63) is 64.2 Å². The zero-order chi connectivity index (χ0) is 13.8. The quantitative estimate of drug-likeness (QED) is 0.917. The molecule has 2 rings (SSSR count). The molecule has 19 heavy (non-hydrogen) atoms. The van der Waals surface area contributed by atoms with Crippen LogP contribution in [0.15, 0.2) is 36.4 Å². The van der Waals surface area contributed by atoms with Crippen LogP contribution in [0.1, 0.15) is 11.1 Å². The third-order valence-corrected chi connectivity index (χ3v) is 2.94. The molecule has 0 aliphatic rings. The van der Waals surface area contributed by atoms with E-state index in [1.165, 1.54) is 24.3 Å². The number of halogens is 3. The SMILES string of the molecule is N#Cc1ccc(Cl)c(NCc2c(F)cccc2F)c1. The molecule has 0 aliphatic carbocycles. The van der Waals surface area contributed by atoms with Gasteiger partial charge in [-0.3, -0.25) is 0 Å². The van der Waals surface area contributed by atoms with Crippen molar-refractivity contribution in [1.82, 2.24) is 0 Å². The second-order valence-electron chi connectivity index (χ2n) is 3.86. The first kappa shape index (κ1) is 13.3. The predicted molar refractivity (Wildman–Crippen MR) is 69.9 cm³/mol. The van der Waals surface area contributed by atoms with Gasteiger partial charge in [0.25, 0.3) is 0 Å². The summed E-state index contributed by atoms with van der Waals surface area (Å²) in [5.74, 6) is -1.25. The number of nitrogens with one attached hydrogen (secondary N) is 1. The van der Waals surface area contributed by atoms with Crippen LogP contribution in [-0.4, -0.2) is 0 Å². The molecular formula is C14H9ClF2N2. The van der Waals surface area contributed by atoms with Crippen molar-refractivity contribution in [1.29, 1.82) is 5.26 Å². The maximum Gasteiger partial charge on any atom is 0.131 e. The monoisotopic (exact) mass is 278 g/mol. The number of hydrogen-bond acceptors (Lipinski definition) is 2. The van der Waals surface area contributed by atoms with E-state index in [0.29, 0.717) is 16.3 Å². The Morgan fingerprint density at radius 1 is 1.16 bits per heavy atom. The van der Waals surface area contributed by atoms with Crippen LogP contribution >= 0.6 is 11.6 Å². The fourth-order valence-corrected chi connectivity index (χ4v) is 1.80. The molecule has 2 aromatic carbocycles. The zero-order valence-electron chi connectivity index (χ0n) is 9.75. The Balaban J connectivity index is 2.22. The lowest BCUT2D eigenvalue weighted by atomic mass is 10.1. The van der Waals surface area contributed by atoms with E-state index in [4.69, 9.17) is 16.9 Å². The summed E-state index contributed by atoms with van der Waals surface area (Å²) in [4.78, 5) is 0. The number of nitrogens with zero attached hydrogens (tertiary/aromatic N) is 1. The topological polar surface area (TPSA) is 35.8 Å². The molecule has 0 saturated carbocycles. The zero-order valence-corrected chi connectivity index (χ0v) is 10.5. The Morgan fingerprint density at radius 3 is 2.47 bits per heavy atom. The van der Waals surface area contributed by atoms with Gasteiger partial charge in [-0.15, -0.1) is 0 Å². The highest BCUT2D eigenvalue weighted by Crippen LogP contribution is 2.24. The summed E-state index contributed by atoms with van der Waals surface area (Å²) in [6.07, 6.45) is 0. The van der Waals surface area contributed by atoms with E-state index in [9.17, 15) is 8.78 Å². The molecule has 2 aromatic rings. The predicted octanol–water partition coefficient (Wildman–Crippen LogP) is 4.10. The third kappa shape index (κ3) is 3.01. The lowest BCUT2D eigenvalue weighted by Gasteiger charge is -2.10. The Morgan fingerprint density at radius 2 is 1.84 bits per heavy atom. The van der Waals surface area contributed by atoms with Crippen LogP contribution in [-0.2, 0) is 6.54 Å². The molecule has 0 aliphatic heterocycles. The molecule has 0 heterocycles. The molecule has 0 radical (unpaired) electrons. The van der Waals surface area contributed by atoms with Gasteiger partial charge in [0.2, 0.25) is 0 Å². The Kier molecular flexibility index (Phi) is 3.98. The number of hydrogen-bond donors (Lipinski definition) is 1. The van der Waals surface area contributed by atoms with Crippen molar-refractivity contribution < 1.29 is 8.78 Å². The molecule has 0 saturated heterocycles. The normalized spacial score (nSPS) is 10.0. The van der Waals surface area contributed by atoms with Gasteiger partial charge in [0.15, 0.2) is 0 Å². The highest BCUT2D eigenvalue weighted by Gasteiger charge is 2.09. The molecule has 0 atom stereocenters. The molecular weight excluding hydrogens is 270 g/mol. The van der Waals surface area contributed by atoms with Gasteiger partial charge in [0.05, 0.1) is 22.3 Å². The summed E-state index contributed by atoms with van der Waals surface area (Å²) in [5.41, 5.74) is 0.810. The molecule has 0 fully saturated rings. The van der Waals surface area contributed by atoms with Gasteiger partial charge in [-0.05, 0) is 30.3 Å². The first-order chi connectivity index (χ1) is 9.11. The lowest BCUT2D eigenvalue weighted by molar-refractivity contribution is 0.560. The van der Waals surface area contributed by atoms with Crippen molar-refractivity contribution >= 4 is 17.3 Å². The van der Waals surface area contributed by atoms with Crippen LogP contribution in [0.2, 0.25) is 5.02 Å². The van der Waals surface area contributed by atoms with Gasteiger partial charge >= 0.3 is 0 Å². The molecule has 0 bridgehead atoms. The lowest BCUT2D eigenvalue weighted by Crippen LogP contribution is -2.05. The largest absolute Gasteiger partial charge is 0.380 e. The fourth-order valence-electron chi connectivity index (χ4n) is 1.62. The van der Waals surface area contributed by atoms with Crippen molar-refractivity contribution in [2.24, 2.45) is 0 Å². The molecule has 5 heteroatoms. The van der Waals surface area contributed by atoms with Crippen molar-refractivity contribution in [2.75, 3.05) is 5.32 Å². The minimum absolute atomic E-state index is 0.0485. The van der Waals surface area contributed by atoms with Gasteiger partial charge in [0, 0.05) is 12.1 Å². The fraction of sp³-hybridized carbons (Fsp3) is 0.0714. The van der Waals surface area contributed by atoms with E-state index in [2.05, 4.69) is 5.32 Å². The second-order valence-corrected chi connectivity index (χ2v) is 4.27. The van der Waals surface area contributed by atoms with Crippen molar-refractivity contribution in [3.63, 3.8) is 0 Å². The number of nitriles is 1. The van der Waals surface area contributed by atoms with Crippen molar-refractivity contribution in [3.8, 4) is 6.07 Å². The van der Waals surface area contributed by atoms with Crippen LogP contribution in [0, 0.1) is 23.0 Å². The van der Waals surface area contributed by atoms with E-state index in [0.717, 1.165) is 0 Å². The van der Waals surface area contributed by atoms with Crippen LogP contribution in [0.5, 0.6) is 0 Å². The number of anilines is 1. The van der Waals surface area contributed by atoms with Crippen LogP contribution in [0.4, 0.5) is 14.5 Å². The Hall–Kier alpha value is -2.12. The highest BCUT2D eigenvalue weighted by molar-refractivity contribution is 6.33. The molecule has 2 nitrogen and oxygen atoms in total.